The Morgan fingerprint density at radius 1 is 1.00 bits per heavy atom. The average molecular weight is 262 g/mol. The van der Waals surface area contributed by atoms with Crippen LogP contribution in [0.1, 0.15) is 59.3 Å². The van der Waals surface area contributed by atoms with Crippen LogP contribution in [0.4, 0.5) is 0 Å². The third-order valence-electron chi connectivity index (χ3n) is 6.40. The maximum absolute atomic E-state index is 12.2. The molecule has 2 heteroatoms. The van der Waals surface area contributed by atoms with Crippen molar-refractivity contribution in [2.45, 2.75) is 65.4 Å². The molecule has 2 nitrogen and oxygen atoms in total. The van der Waals surface area contributed by atoms with Crippen LogP contribution in [0, 0.1) is 34.5 Å². The molecule has 0 N–H and O–H groups in total. The summed E-state index contributed by atoms with van der Waals surface area (Å²) in [6.45, 7) is 6.66. The molecule has 106 valence electrons. The van der Waals surface area contributed by atoms with Gasteiger partial charge in [0.15, 0.2) is 0 Å². The smallest absolute Gasteiger partial charge is 0.313 e. The second-order valence-corrected chi connectivity index (χ2v) is 8.98. The summed E-state index contributed by atoms with van der Waals surface area (Å²) in [7, 11) is 0. The van der Waals surface area contributed by atoms with Gasteiger partial charge in [-0.2, -0.15) is 0 Å². The van der Waals surface area contributed by atoms with Crippen LogP contribution < -0.4 is 0 Å². The van der Waals surface area contributed by atoms with E-state index in [1.807, 2.05) is 0 Å². The molecule has 0 amide bonds. The molecule has 5 fully saturated rings. The Kier molecular flexibility index (Phi) is 2.29. The summed E-state index contributed by atoms with van der Waals surface area (Å²) in [5.41, 5.74) is 0.421. The third-order valence-corrected chi connectivity index (χ3v) is 6.40. The minimum absolute atomic E-state index is 0.0991. The predicted molar refractivity (Wildman–Crippen MR) is 73.4 cm³/mol. The second kappa shape index (κ2) is 3.56. The molecule has 0 unspecified atom stereocenters. The van der Waals surface area contributed by atoms with Crippen LogP contribution >= 0.6 is 0 Å². The van der Waals surface area contributed by atoms with E-state index in [1.54, 1.807) is 0 Å². The number of ether oxygens (including phenoxy) is 1. The first-order valence-corrected chi connectivity index (χ1v) is 8.08. The van der Waals surface area contributed by atoms with Gasteiger partial charge in [0, 0.05) is 0 Å². The molecule has 1 saturated heterocycles. The SMILES string of the molecule is CC(C)(C)[C@@H]1OC(=O)[C@H]1C12CC3CC(CC(C3)C1)C2. The quantitative estimate of drug-likeness (QED) is 0.672. The summed E-state index contributed by atoms with van der Waals surface area (Å²) in [6, 6.07) is 0. The van der Waals surface area contributed by atoms with Crippen molar-refractivity contribution in [3.8, 4) is 0 Å². The molecule has 1 heterocycles. The minimum Gasteiger partial charge on any atom is -0.461 e. The van der Waals surface area contributed by atoms with Gasteiger partial charge < -0.3 is 4.74 Å². The van der Waals surface area contributed by atoms with Crippen molar-refractivity contribution in [1.29, 1.82) is 0 Å². The Morgan fingerprint density at radius 3 is 1.84 bits per heavy atom. The molecule has 4 bridgehead atoms. The van der Waals surface area contributed by atoms with Crippen molar-refractivity contribution in [2.24, 2.45) is 34.5 Å². The topological polar surface area (TPSA) is 26.3 Å². The van der Waals surface area contributed by atoms with Crippen LogP contribution in [-0.4, -0.2) is 12.1 Å². The largest absolute Gasteiger partial charge is 0.461 e. The van der Waals surface area contributed by atoms with Crippen LogP contribution in [0.3, 0.4) is 0 Å². The molecule has 1 aliphatic heterocycles. The molecule has 0 aromatic heterocycles. The van der Waals surface area contributed by atoms with Gasteiger partial charge in [0.1, 0.15) is 6.10 Å². The molecule has 0 spiro atoms. The molecule has 0 radical (unpaired) electrons. The zero-order valence-electron chi connectivity index (χ0n) is 12.4. The van der Waals surface area contributed by atoms with Gasteiger partial charge in [-0.25, -0.2) is 0 Å². The molecule has 0 aromatic rings. The summed E-state index contributed by atoms with van der Waals surface area (Å²) >= 11 is 0. The van der Waals surface area contributed by atoms with Gasteiger partial charge in [0.2, 0.25) is 0 Å². The number of carbonyl (C=O) groups is 1. The Balaban J connectivity index is 1.66. The summed E-state index contributed by atoms with van der Waals surface area (Å²) in [6.07, 6.45) is 8.43. The lowest BCUT2D eigenvalue weighted by Crippen LogP contribution is -2.63. The highest BCUT2D eigenvalue weighted by Gasteiger charge is 2.64. The first-order chi connectivity index (χ1) is 8.87. The number of esters is 1. The maximum atomic E-state index is 12.2. The van der Waals surface area contributed by atoms with Crippen molar-refractivity contribution in [3.05, 3.63) is 0 Å². The van der Waals surface area contributed by atoms with Gasteiger partial charge in [0.05, 0.1) is 5.92 Å². The van der Waals surface area contributed by atoms with E-state index < -0.39 is 0 Å². The van der Waals surface area contributed by atoms with Crippen LogP contribution in [0.5, 0.6) is 0 Å². The number of hydrogen-bond acceptors (Lipinski definition) is 2. The fraction of sp³-hybridized carbons (Fsp3) is 0.941. The lowest BCUT2D eigenvalue weighted by atomic mass is 9.44. The van der Waals surface area contributed by atoms with Gasteiger partial charge in [-0.15, -0.1) is 0 Å². The highest BCUT2D eigenvalue weighted by atomic mass is 16.6. The Bertz CT molecular complexity index is 382. The first kappa shape index (κ1) is 12.2. The van der Waals surface area contributed by atoms with E-state index >= 15 is 0 Å². The standard InChI is InChI=1S/C17H26O2/c1-16(2,3)14-13(15(18)19-14)17-7-10-4-11(8-17)6-12(5-10)9-17/h10-14H,4-9H2,1-3H3/t10?,11?,12?,13-,14+,17?/m0/s1. The highest BCUT2D eigenvalue weighted by Crippen LogP contribution is 2.65. The van der Waals surface area contributed by atoms with Crippen molar-refractivity contribution < 1.29 is 9.53 Å². The molecule has 2 atom stereocenters. The molecular weight excluding hydrogens is 236 g/mol. The summed E-state index contributed by atoms with van der Waals surface area (Å²) in [4.78, 5) is 12.2. The molecule has 4 aliphatic carbocycles. The molecule has 19 heavy (non-hydrogen) atoms. The van der Waals surface area contributed by atoms with Gasteiger partial charge in [-0.1, -0.05) is 20.8 Å². The van der Waals surface area contributed by atoms with Gasteiger partial charge in [0.25, 0.3) is 0 Å². The van der Waals surface area contributed by atoms with Gasteiger partial charge in [-0.3, -0.25) is 4.79 Å². The van der Waals surface area contributed by atoms with E-state index in [-0.39, 0.29) is 23.4 Å². The van der Waals surface area contributed by atoms with Gasteiger partial charge in [-0.05, 0) is 67.1 Å². The highest BCUT2D eigenvalue weighted by molar-refractivity contribution is 5.80. The zero-order chi connectivity index (χ0) is 13.4. The van der Waals surface area contributed by atoms with E-state index in [0.717, 1.165) is 17.8 Å². The monoisotopic (exact) mass is 262 g/mol. The van der Waals surface area contributed by atoms with E-state index in [1.165, 1.54) is 38.5 Å². The minimum atomic E-state index is 0.0991. The van der Waals surface area contributed by atoms with Crippen LogP contribution in [0.2, 0.25) is 0 Å². The van der Waals surface area contributed by atoms with E-state index in [4.69, 9.17) is 4.74 Å². The van der Waals surface area contributed by atoms with Crippen molar-refractivity contribution in [2.75, 3.05) is 0 Å². The number of cyclic esters (lactones) is 1. The first-order valence-electron chi connectivity index (χ1n) is 8.08. The number of rotatable bonds is 1. The Labute approximate surface area is 116 Å². The van der Waals surface area contributed by atoms with E-state index in [0.29, 0.717) is 5.41 Å². The lowest BCUT2D eigenvalue weighted by Gasteiger charge is -2.62. The molecule has 0 aromatic carbocycles. The Hall–Kier alpha value is -0.530. The third kappa shape index (κ3) is 1.64. The summed E-state index contributed by atoms with van der Waals surface area (Å²) in [5, 5.41) is 0. The number of hydrogen-bond donors (Lipinski definition) is 0. The lowest BCUT2D eigenvalue weighted by molar-refractivity contribution is -0.232. The molecule has 4 saturated carbocycles. The molecule has 5 rings (SSSR count). The zero-order valence-corrected chi connectivity index (χ0v) is 12.4. The fourth-order valence-corrected chi connectivity index (χ4v) is 6.12. The van der Waals surface area contributed by atoms with E-state index in [9.17, 15) is 4.79 Å². The van der Waals surface area contributed by atoms with Crippen molar-refractivity contribution in [1.82, 2.24) is 0 Å². The van der Waals surface area contributed by atoms with Crippen molar-refractivity contribution >= 4 is 5.97 Å². The van der Waals surface area contributed by atoms with Crippen LogP contribution in [0.25, 0.3) is 0 Å². The average Bonchev–Trinajstić information content (AvgIpc) is 2.21. The van der Waals surface area contributed by atoms with Crippen molar-refractivity contribution in [3.63, 3.8) is 0 Å². The summed E-state index contributed by atoms with van der Waals surface area (Å²) in [5.74, 6) is 3.07. The van der Waals surface area contributed by atoms with Crippen LogP contribution in [-0.2, 0) is 9.53 Å². The fourth-order valence-electron chi connectivity index (χ4n) is 6.12. The number of carbonyl (C=O) groups excluding carboxylic acids is 1. The Morgan fingerprint density at radius 2 is 1.47 bits per heavy atom. The molecule has 5 aliphatic rings. The summed E-state index contributed by atoms with van der Waals surface area (Å²) < 4.78 is 5.57. The normalized spacial score (nSPS) is 51.9. The second-order valence-electron chi connectivity index (χ2n) is 8.98. The van der Waals surface area contributed by atoms with E-state index in [2.05, 4.69) is 20.8 Å². The maximum Gasteiger partial charge on any atom is 0.313 e. The molecular formula is C17H26O2. The predicted octanol–water partition coefficient (Wildman–Crippen LogP) is 3.79. The van der Waals surface area contributed by atoms with Gasteiger partial charge >= 0.3 is 5.97 Å². The van der Waals surface area contributed by atoms with Crippen LogP contribution in [0.15, 0.2) is 0 Å².